The summed E-state index contributed by atoms with van der Waals surface area (Å²) >= 11 is 0.611. The van der Waals surface area contributed by atoms with E-state index in [0.717, 1.165) is 0 Å². The number of rotatable bonds is 0. The summed E-state index contributed by atoms with van der Waals surface area (Å²) in [6.07, 6.45) is 0. The Balaban J connectivity index is -0.000000000833. The smallest absolute Gasteiger partial charge is 0 e. The molecule has 0 aliphatic rings. The van der Waals surface area contributed by atoms with Gasteiger partial charge in [-0.3, -0.25) is 0 Å². The van der Waals surface area contributed by atoms with E-state index in [2.05, 4.69) is 0 Å². The molecule has 0 bridgehead atoms. The van der Waals surface area contributed by atoms with Crippen molar-refractivity contribution in [3.05, 3.63) is 0 Å². The van der Waals surface area contributed by atoms with E-state index in [1.807, 2.05) is 0 Å². The maximum atomic E-state index is 8.28. The first kappa shape index (κ1) is 31.2. The van der Waals surface area contributed by atoms with Gasteiger partial charge in [-0.05, 0) is 0 Å². The van der Waals surface area contributed by atoms with Crippen LogP contribution in [0.4, 0.5) is 0 Å². The van der Waals surface area contributed by atoms with Crippen molar-refractivity contribution < 1.29 is 107 Å². The molecular formula is H3AlCeLaMgOZr. The molecule has 0 unspecified atom stereocenters. The van der Waals surface area contributed by atoms with Gasteiger partial charge in [0.15, 0.2) is 0 Å². The Labute approximate surface area is 142 Å². The van der Waals surface area contributed by atoms with E-state index in [9.17, 15) is 0 Å². The molecule has 0 saturated carbocycles. The minimum atomic E-state index is 0. The molecule has 0 saturated heterocycles. The number of hydrogen-bond donors (Lipinski definition) is 0. The van der Waals surface area contributed by atoms with E-state index in [1.165, 1.54) is 0 Å². The maximum absolute atomic E-state index is 8.28. The summed E-state index contributed by atoms with van der Waals surface area (Å²) in [7, 11) is 0. The molecule has 25 valence electrons. The zero-order valence-corrected chi connectivity index (χ0v) is 13.3. The van der Waals surface area contributed by atoms with Gasteiger partial charge in [0.05, 0.1) is 0 Å². The first-order chi connectivity index (χ1) is 1.00. The summed E-state index contributed by atoms with van der Waals surface area (Å²) in [6.45, 7) is 0. The van der Waals surface area contributed by atoms with Crippen LogP contribution in [0.5, 0.6) is 0 Å². The average molecular weight is 441 g/mol. The van der Waals surface area contributed by atoms with Gasteiger partial charge in [-0.1, -0.05) is 0 Å². The van der Waals surface area contributed by atoms with Crippen molar-refractivity contribution in [3.8, 4) is 0 Å². The fraction of sp³-hybridized carbons (Fsp3) is 0. The molecule has 0 aromatic carbocycles. The van der Waals surface area contributed by atoms with Gasteiger partial charge in [-0.15, -0.1) is 0 Å². The standard InChI is InChI=1S/Al.Ce.La.Mg.O.Zr.3H. The molecule has 0 rings (SSSR count). The van der Waals surface area contributed by atoms with Crippen molar-refractivity contribution in [1.29, 1.82) is 0 Å². The van der Waals surface area contributed by atoms with Crippen LogP contribution < -0.4 is 0 Å². The molecule has 0 heterocycles. The molecule has 0 N–H and O–H groups in total. The summed E-state index contributed by atoms with van der Waals surface area (Å²) in [5.41, 5.74) is 0. The van der Waals surface area contributed by atoms with Crippen molar-refractivity contribution in [2.75, 3.05) is 0 Å². The fourth-order valence-corrected chi connectivity index (χ4v) is 0. The molecule has 6 heteroatoms. The van der Waals surface area contributed by atoms with Crippen molar-refractivity contribution in [3.63, 3.8) is 0 Å². The molecule has 6 heavy (non-hydrogen) atoms. The Hall–Kier alpha value is 4.55. The Morgan fingerprint density at radius 3 is 1.17 bits per heavy atom. The van der Waals surface area contributed by atoms with Crippen LogP contribution in [0.15, 0.2) is 0 Å². The quantitative estimate of drug-likeness (QED) is 0.411. The third kappa shape index (κ3) is 23.5. The van der Waals surface area contributed by atoms with E-state index in [1.54, 1.807) is 0 Å². The largest absolute Gasteiger partial charge is 0 e. The Morgan fingerprint density at radius 1 is 1.17 bits per heavy atom. The third-order valence-electron chi connectivity index (χ3n) is 0. The molecule has 0 fully saturated rings. The molecule has 0 aliphatic carbocycles. The molecule has 0 spiro atoms. The van der Waals surface area contributed by atoms with Gasteiger partial charge in [0.2, 0.25) is 0 Å². The van der Waals surface area contributed by atoms with Gasteiger partial charge in [0.25, 0.3) is 0 Å². The summed E-state index contributed by atoms with van der Waals surface area (Å²) < 4.78 is 8.28. The zero-order chi connectivity index (χ0) is 2.00. The second-order valence-corrected chi connectivity index (χ2v) is 0. The Kier molecular flexibility index (Phi) is 175. The van der Waals surface area contributed by atoms with Gasteiger partial charge >= 0.3 is 43.1 Å². The normalized spacial score (nSPS) is 0.500. The monoisotopic (exact) mass is 439 g/mol. The predicted molar refractivity (Wildman–Crippen MR) is 16.4 cm³/mol. The third-order valence-corrected chi connectivity index (χ3v) is 0. The summed E-state index contributed by atoms with van der Waals surface area (Å²) in [5, 5.41) is 0. The molecule has 0 atom stereocenters. The number of hydrogen-bond acceptors (Lipinski definition) is 1. The fourth-order valence-electron chi connectivity index (χ4n) is 0. The summed E-state index contributed by atoms with van der Waals surface area (Å²) in [4.78, 5) is 0. The second kappa shape index (κ2) is 33.7. The maximum Gasteiger partial charge on any atom is 0 e. The first-order valence-electron chi connectivity index (χ1n) is 0.289. The van der Waals surface area contributed by atoms with Crippen molar-refractivity contribution in [2.45, 2.75) is 0 Å². The van der Waals surface area contributed by atoms with Crippen LogP contribution >= 0.6 is 0 Å². The summed E-state index contributed by atoms with van der Waals surface area (Å²) in [6, 6.07) is 0. The average Bonchev–Trinajstić information content (AvgIpc) is 1.00. The van der Waals surface area contributed by atoms with Crippen LogP contribution in [0.25, 0.3) is 0 Å². The van der Waals surface area contributed by atoms with E-state index in [0.29, 0.717) is 16.2 Å². The predicted octanol–water partition coefficient (Wildman–Crippen LogP) is -1.69. The molecule has 1 nitrogen and oxygen atoms in total. The molecule has 0 aromatic heterocycles. The van der Waals surface area contributed by atoms with E-state index in [4.69, 9.17) is 3.80 Å². The van der Waals surface area contributed by atoms with Gasteiger partial charge in [-0.25, -0.2) is 0 Å². The van der Waals surface area contributed by atoms with Crippen LogP contribution in [-0.4, -0.2) is 39.3 Å². The van der Waals surface area contributed by atoms with Gasteiger partial charge in [-0.2, -0.15) is 0 Å². The Morgan fingerprint density at radius 2 is 1.17 bits per heavy atom. The minimum absolute atomic E-state index is 0. The minimum Gasteiger partial charge on any atom is 0 e. The van der Waals surface area contributed by atoms with Gasteiger partial charge < -0.3 is 0 Å². The molecular weight excluding hydrogens is 438 g/mol. The van der Waals surface area contributed by atoms with Crippen LogP contribution in [0.1, 0.15) is 0 Å². The van der Waals surface area contributed by atoms with Gasteiger partial charge in [0.1, 0.15) is 0 Å². The van der Waals surface area contributed by atoms with Crippen molar-refractivity contribution in [2.24, 2.45) is 0 Å². The van der Waals surface area contributed by atoms with Crippen LogP contribution in [0.2, 0.25) is 0 Å². The summed E-state index contributed by atoms with van der Waals surface area (Å²) in [5.74, 6) is 0. The van der Waals surface area contributed by atoms with Crippen molar-refractivity contribution >= 4 is 39.3 Å². The van der Waals surface area contributed by atoms with Crippen LogP contribution in [0, 0.1) is 77.3 Å². The molecule has 0 aromatic rings. The van der Waals surface area contributed by atoms with E-state index < -0.39 is 0 Å². The zero-order valence-electron chi connectivity index (χ0n) is 2.69. The molecule has 0 aliphatic heterocycles. The second-order valence-electron chi connectivity index (χ2n) is 0. The topological polar surface area (TPSA) is 17.1 Å². The molecule has 0 amide bonds. The van der Waals surface area contributed by atoms with Crippen LogP contribution in [-0.2, 0) is 30.0 Å². The first-order valence-corrected chi connectivity index (χ1v) is 0.866. The van der Waals surface area contributed by atoms with Crippen molar-refractivity contribution in [1.82, 2.24) is 0 Å². The SMILES string of the molecule is [Ce].[La].[MgH2].[O]=[AlH].[Zr]. The van der Waals surface area contributed by atoms with Crippen LogP contribution in [0.3, 0.4) is 0 Å². The molecule has 1 radical (unpaired) electrons. The Bertz CT molecular complexity index is 15.5. The van der Waals surface area contributed by atoms with Gasteiger partial charge in [0, 0.05) is 104 Å². The van der Waals surface area contributed by atoms with E-state index in [-0.39, 0.29) is 127 Å². The van der Waals surface area contributed by atoms with E-state index >= 15 is 0 Å².